The summed E-state index contributed by atoms with van der Waals surface area (Å²) in [6, 6.07) is 14.5. The molecule has 0 aliphatic carbocycles. The molecule has 0 N–H and O–H groups in total. The molecule has 2 aromatic rings. The highest BCUT2D eigenvalue weighted by molar-refractivity contribution is 8.18. The third kappa shape index (κ3) is 4.03. The SMILES string of the molecule is COc1ccc(N(C)CN2C(=O)S/C(=C\c3ccc(Cl)cc3)C2=O)cc1. The lowest BCUT2D eigenvalue weighted by atomic mass is 10.2. The second-order valence-electron chi connectivity index (χ2n) is 5.70. The first-order valence-corrected chi connectivity index (χ1v) is 9.03. The molecule has 1 fully saturated rings. The minimum absolute atomic E-state index is 0.176. The number of carbonyl (C=O) groups is 2. The van der Waals surface area contributed by atoms with Crippen LogP contribution in [0.4, 0.5) is 10.5 Å². The largest absolute Gasteiger partial charge is 0.497 e. The van der Waals surface area contributed by atoms with E-state index in [1.807, 2.05) is 36.2 Å². The lowest BCUT2D eigenvalue weighted by Gasteiger charge is -2.24. The van der Waals surface area contributed by atoms with Crippen LogP contribution in [0.3, 0.4) is 0 Å². The van der Waals surface area contributed by atoms with Gasteiger partial charge in [-0.05, 0) is 59.8 Å². The third-order valence-corrected chi connectivity index (χ3v) is 5.07. The highest BCUT2D eigenvalue weighted by Gasteiger charge is 2.35. The number of nitrogens with zero attached hydrogens (tertiary/aromatic N) is 2. The summed E-state index contributed by atoms with van der Waals surface area (Å²) in [5.41, 5.74) is 1.70. The zero-order valence-electron chi connectivity index (χ0n) is 14.3. The number of hydrogen-bond donors (Lipinski definition) is 0. The Morgan fingerprint density at radius 2 is 1.77 bits per heavy atom. The molecule has 1 saturated heterocycles. The molecular formula is C19H17ClN2O3S. The van der Waals surface area contributed by atoms with Gasteiger partial charge in [-0.1, -0.05) is 23.7 Å². The molecule has 1 heterocycles. The molecule has 3 rings (SSSR count). The van der Waals surface area contributed by atoms with Crippen LogP contribution in [0, 0.1) is 0 Å². The fourth-order valence-corrected chi connectivity index (χ4v) is 3.42. The van der Waals surface area contributed by atoms with E-state index in [1.54, 1.807) is 37.5 Å². The van der Waals surface area contributed by atoms with Gasteiger partial charge in [-0.15, -0.1) is 0 Å². The summed E-state index contributed by atoms with van der Waals surface area (Å²) < 4.78 is 5.14. The fourth-order valence-electron chi connectivity index (χ4n) is 2.46. The van der Waals surface area contributed by atoms with Crippen LogP contribution in [-0.2, 0) is 4.79 Å². The van der Waals surface area contributed by atoms with Gasteiger partial charge in [0.15, 0.2) is 0 Å². The summed E-state index contributed by atoms with van der Waals surface area (Å²) in [7, 11) is 3.43. The van der Waals surface area contributed by atoms with Gasteiger partial charge in [0.2, 0.25) is 0 Å². The Morgan fingerprint density at radius 1 is 1.12 bits per heavy atom. The van der Waals surface area contributed by atoms with Gasteiger partial charge in [-0.2, -0.15) is 0 Å². The third-order valence-electron chi connectivity index (χ3n) is 3.91. The van der Waals surface area contributed by atoms with Crippen molar-refractivity contribution in [3.63, 3.8) is 0 Å². The van der Waals surface area contributed by atoms with Crippen LogP contribution in [0.2, 0.25) is 5.02 Å². The smallest absolute Gasteiger partial charge is 0.295 e. The molecule has 26 heavy (non-hydrogen) atoms. The number of halogens is 1. The fraction of sp³-hybridized carbons (Fsp3) is 0.158. The Bertz CT molecular complexity index is 850. The second kappa shape index (κ2) is 7.85. The maximum absolute atomic E-state index is 12.6. The summed E-state index contributed by atoms with van der Waals surface area (Å²) in [5.74, 6) is 0.453. The van der Waals surface area contributed by atoms with Crippen molar-refractivity contribution in [2.45, 2.75) is 0 Å². The van der Waals surface area contributed by atoms with Crippen molar-refractivity contribution in [2.24, 2.45) is 0 Å². The molecule has 0 spiro atoms. The van der Waals surface area contributed by atoms with E-state index in [-0.39, 0.29) is 17.8 Å². The van der Waals surface area contributed by atoms with Crippen molar-refractivity contribution in [1.29, 1.82) is 0 Å². The van der Waals surface area contributed by atoms with E-state index in [4.69, 9.17) is 16.3 Å². The van der Waals surface area contributed by atoms with E-state index in [1.165, 1.54) is 4.90 Å². The molecule has 0 saturated carbocycles. The van der Waals surface area contributed by atoms with E-state index in [0.29, 0.717) is 9.93 Å². The van der Waals surface area contributed by atoms with Gasteiger partial charge in [0.25, 0.3) is 11.1 Å². The predicted molar refractivity (Wildman–Crippen MR) is 106 cm³/mol. The van der Waals surface area contributed by atoms with E-state index >= 15 is 0 Å². The Kier molecular flexibility index (Phi) is 5.54. The average molecular weight is 389 g/mol. The van der Waals surface area contributed by atoms with Gasteiger partial charge in [0, 0.05) is 17.8 Å². The Balaban J connectivity index is 1.73. The van der Waals surface area contributed by atoms with Crippen LogP contribution in [0.25, 0.3) is 6.08 Å². The number of hydrogen-bond acceptors (Lipinski definition) is 5. The number of anilines is 1. The van der Waals surface area contributed by atoms with E-state index in [9.17, 15) is 9.59 Å². The van der Waals surface area contributed by atoms with Crippen molar-refractivity contribution in [3.8, 4) is 5.75 Å². The quantitative estimate of drug-likeness (QED) is 0.707. The first-order chi connectivity index (χ1) is 12.5. The zero-order valence-corrected chi connectivity index (χ0v) is 15.9. The minimum Gasteiger partial charge on any atom is -0.497 e. The van der Waals surface area contributed by atoms with Gasteiger partial charge in [0.1, 0.15) is 12.4 Å². The van der Waals surface area contributed by atoms with Gasteiger partial charge >= 0.3 is 0 Å². The van der Waals surface area contributed by atoms with Crippen LogP contribution in [-0.4, -0.2) is 36.9 Å². The molecule has 0 unspecified atom stereocenters. The number of amides is 2. The molecule has 1 aliphatic heterocycles. The molecule has 0 radical (unpaired) electrons. The number of imide groups is 1. The molecule has 0 atom stereocenters. The molecule has 7 heteroatoms. The van der Waals surface area contributed by atoms with Gasteiger partial charge < -0.3 is 9.64 Å². The highest BCUT2D eigenvalue weighted by Crippen LogP contribution is 2.33. The lowest BCUT2D eigenvalue weighted by Crippen LogP contribution is -2.38. The summed E-state index contributed by atoms with van der Waals surface area (Å²) in [4.78, 5) is 28.3. The lowest BCUT2D eigenvalue weighted by molar-refractivity contribution is -0.122. The molecule has 2 aromatic carbocycles. The van der Waals surface area contributed by atoms with Gasteiger partial charge in [-0.3, -0.25) is 9.59 Å². The topological polar surface area (TPSA) is 49.9 Å². The normalized spacial score (nSPS) is 15.7. The summed E-state index contributed by atoms with van der Waals surface area (Å²) in [6.07, 6.45) is 1.70. The average Bonchev–Trinajstić information content (AvgIpc) is 2.91. The van der Waals surface area contributed by atoms with Gasteiger partial charge in [0.05, 0.1) is 12.0 Å². The Labute approximate surface area is 161 Å². The molecule has 1 aliphatic rings. The van der Waals surface area contributed by atoms with Crippen LogP contribution in [0.5, 0.6) is 5.75 Å². The number of carbonyl (C=O) groups excluding carboxylic acids is 2. The monoisotopic (exact) mass is 388 g/mol. The highest BCUT2D eigenvalue weighted by atomic mass is 35.5. The van der Waals surface area contributed by atoms with E-state index < -0.39 is 0 Å². The summed E-state index contributed by atoms with van der Waals surface area (Å²) in [5, 5.41) is 0.340. The van der Waals surface area contributed by atoms with Crippen LogP contribution in [0.15, 0.2) is 53.4 Å². The second-order valence-corrected chi connectivity index (χ2v) is 7.13. The summed E-state index contributed by atoms with van der Waals surface area (Å²) in [6.45, 7) is 0.176. The molecule has 5 nitrogen and oxygen atoms in total. The number of benzene rings is 2. The molecular weight excluding hydrogens is 372 g/mol. The minimum atomic E-state index is -0.296. The number of rotatable bonds is 5. The first kappa shape index (κ1) is 18.4. The maximum atomic E-state index is 12.6. The predicted octanol–water partition coefficient (Wildman–Crippen LogP) is 4.48. The number of thioether (sulfide) groups is 1. The van der Waals surface area contributed by atoms with E-state index in [2.05, 4.69) is 0 Å². The van der Waals surface area contributed by atoms with Crippen molar-refractivity contribution in [3.05, 3.63) is 64.0 Å². The molecule has 134 valence electrons. The Hall–Kier alpha value is -2.44. The Morgan fingerprint density at radius 3 is 2.38 bits per heavy atom. The van der Waals surface area contributed by atoms with Crippen molar-refractivity contribution < 1.29 is 14.3 Å². The van der Waals surface area contributed by atoms with Crippen LogP contribution >= 0.6 is 23.4 Å². The first-order valence-electron chi connectivity index (χ1n) is 7.84. The standard InChI is InChI=1S/C19H17ClN2O3S/c1-21(15-7-9-16(25-2)10-8-15)12-22-18(23)17(26-19(22)24)11-13-3-5-14(20)6-4-13/h3-11H,12H2,1-2H3/b17-11-. The van der Waals surface area contributed by atoms with Crippen molar-refractivity contribution in [2.75, 3.05) is 25.7 Å². The molecule has 0 aromatic heterocycles. The van der Waals surface area contributed by atoms with Crippen LogP contribution < -0.4 is 9.64 Å². The maximum Gasteiger partial charge on any atom is 0.295 e. The van der Waals surface area contributed by atoms with Gasteiger partial charge in [-0.25, -0.2) is 4.90 Å². The number of methoxy groups -OCH3 is 1. The number of ether oxygens (including phenoxy) is 1. The van der Waals surface area contributed by atoms with Crippen LogP contribution in [0.1, 0.15) is 5.56 Å². The molecule has 2 amide bonds. The van der Waals surface area contributed by atoms with E-state index in [0.717, 1.165) is 28.8 Å². The molecule has 0 bridgehead atoms. The summed E-state index contributed by atoms with van der Waals surface area (Å²) >= 11 is 6.81. The van der Waals surface area contributed by atoms with Crippen molar-refractivity contribution >= 4 is 46.3 Å². The zero-order chi connectivity index (χ0) is 18.7. The van der Waals surface area contributed by atoms with Crippen molar-refractivity contribution in [1.82, 2.24) is 4.90 Å².